The molecule has 0 fully saturated rings. The summed E-state index contributed by atoms with van der Waals surface area (Å²) in [6.45, 7) is 1.84. The van der Waals surface area contributed by atoms with Crippen LogP contribution in [0.15, 0.2) is 53.1 Å². The van der Waals surface area contributed by atoms with Crippen molar-refractivity contribution in [1.29, 1.82) is 0 Å². The number of furan rings is 1. The summed E-state index contributed by atoms with van der Waals surface area (Å²) in [6.07, 6.45) is 1.56. The zero-order chi connectivity index (χ0) is 21.4. The van der Waals surface area contributed by atoms with E-state index in [1.807, 2.05) is 6.92 Å². The molecule has 8 nitrogen and oxygen atoms in total. The van der Waals surface area contributed by atoms with E-state index in [9.17, 15) is 9.59 Å². The molecule has 0 aliphatic rings. The molecule has 0 spiro atoms. The first-order valence-corrected chi connectivity index (χ1v) is 9.36. The Hall–Kier alpha value is -3.94. The average molecular weight is 403 g/mol. The quantitative estimate of drug-likeness (QED) is 0.563. The minimum atomic E-state index is -0.294. The molecule has 30 heavy (non-hydrogen) atoms. The minimum Gasteiger partial charge on any atom is -0.463 e. The third kappa shape index (κ3) is 3.43. The molecule has 0 unspecified atom stereocenters. The average Bonchev–Trinajstić information content (AvgIpc) is 3.36. The summed E-state index contributed by atoms with van der Waals surface area (Å²) in [4.78, 5) is 31.3. The van der Waals surface area contributed by atoms with Crippen LogP contribution in [-0.4, -0.2) is 45.6 Å². The van der Waals surface area contributed by atoms with Crippen LogP contribution in [0.25, 0.3) is 22.5 Å². The van der Waals surface area contributed by atoms with E-state index in [1.165, 1.54) is 4.90 Å². The number of amides is 2. The van der Waals surface area contributed by atoms with Crippen LogP contribution in [-0.2, 0) is 7.05 Å². The van der Waals surface area contributed by atoms with E-state index in [1.54, 1.807) is 74.6 Å². The van der Waals surface area contributed by atoms with Gasteiger partial charge in [0.15, 0.2) is 11.4 Å². The Kier molecular flexibility index (Phi) is 4.83. The second-order valence-electron chi connectivity index (χ2n) is 7.17. The van der Waals surface area contributed by atoms with E-state index in [2.05, 4.69) is 15.4 Å². The van der Waals surface area contributed by atoms with Gasteiger partial charge in [0.05, 0.1) is 22.9 Å². The lowest BCUT2D eigenvalue weighted by molar-refractivity contribution is 0.0827. The highest BCUT2D eigenvalue weighted by atomic mass is 16.3. The molecule has 0 aliphatic heterocycles. The SMILES string of the molecule is Cc1nn(C)c2nc(-c3ccco3)cc(C(=O)Nc3ccc(C(=O)N(C)C)cc3)c12. The number of aromatic nitrogens is 3. The molecule has 1 N–H and O–H groups in total. The number of hydrogen-bond acceptors (Lipinski definition) is 5. The predicted molar refractivity (Wildman–Crippen MR) is 113 cm³/mol. The van der Waals surface area contributed by atoms with Crippen molar-refractivity contribution >= 4 is 28.5 Å². The van der Waals surface area contributed by atoms with Crippen molar-refractivity contribution in [3.05, 3.63) is 65.5 Å². The third-order valence-electron chi connectivity index (χ3n) is 4.78. The number of hydrogen-bond donors (Lipinski definition) is 1. The van der Waals surface area contributed by atoms with Crippen LogP contribution in [0.2, 0.25) is 0 Å². The van der Waals surface area contributed by atoms with Crippen LogP contribution >= 0.6 is 0 Å². The van der Waals surface area contributed by atoms with E-state index in [-0.39, 0.29) is 11.8 Å². The molecule has 3 aromatic heterocycles. The molecule has 4 rings (SSSR count). The Bertz CT molecular complexity index is 1240. The molecule has 0 saturated heterocycles. The fraction of sp³-hybridized carbons (Fsp3) is 0.182. The highest BCUT2D eigenvalue weighted by Gasteiger charge is 2.20. The van der Waals surface area contributed by atoms with Gasteiger partial charge in [-0.15, -0.1) is 0 Å². The van der Waals surface area contributed by atoms with Crippen LogP contribution in [0.4, 0.5) is 5.69 Å². The van der Waals surface area contributed by atoms with Gasteiger partial charge in [-0.05, 0) is 49.4 Å². The summed E-state index contributed by atoms with van der Waals surface area (Å²) < 4.78 is 7.11. The number of carbonyl (C=O) groups excluding carboxylic acids is 2. The first-order valence-electron chi connectivity index (χ1n) is 9.36. The highest BCUT2D eigenvalue weighted by molar-refractivity contribution is 6.13. The molecule has 0 radical (unpaired) electrons. The van der Waals surface area contributed by atoms with E-state index >= 15 is 0 Å². The van der Waals surface area contributed by atoms with Crippen molar-refractivity contribution in [3.63, 3.8) is 0 Å². The molecule has 0 atom stereocenters. The van der Waals surface area contributed by atoms with Gasteiger partial charge in [-0.2, -0.15) is 5.10 Å². The summed E-state index contributed by atoms with van der Waals surface area (Å²) in [6, 6.07) is 12.0. The number of pyridine rings is 1. The normalized spacial score (nSPS) is 10.9. The lowest BCUT2D eigenvalue weighted by Crippen LogP contribution is -2.21. The molecular weight excluding hydrogens is 382 g/mol. The Morgan fingerprint density at radius 2 is 1.87 bits per heavy atom. The maximum atomic E-state index is 13.2. The molecule has 0 saturated carbocycles. The minimum absolute atomic E-state index is 0.0993. The standard InChI is InChI=1S/C22H21N5O3/c1-13-19-16(12-17(18-6-5-11-30-18)24-20(19)27(4)25-13)21(28)23-15-9-7-14(8-10-15)22(29)26(2)3/h5-12H,1-4H3,(H,23,28). The van der Waals surface area contributed by atoms with Crippen LogP contribution in [0.3, 0.4) is 0 Å². The number of anilines is 1. The third-order valence-corrected chi connectivity index (χ3v) is 4.78. The molecule has 2 amide bonds. The summed E-state index contributed by atoms with van der Waals surface area (Å²) in [5.74, 6) is 0.173. The smallest absolute Gasteiger partial charge is 0.256 e. The first kappa shape index (κ1) is 19.4. The van der Waals surface area contributed by atoms with Gasteiger partial charge in [-0.25, -0.2) is 4.98 Å². The molecule has 152 valence electrons. The fourth-order valence-electron chi connectivity index (χ4n) is 3.33. The number of fused-ring (bicyclic) bond motifs is 1. The predicted octanol–water partition coefficient (Wildman–Crippen LogP) is 3.49. The van der Waals surface area contributed by atoms with E-state index < -0.39 is 0 Å². The summed E-state index contributed by atoms with van der Waals surface area (Å²) in [7, 11) is 5.18. The second-order valence-corrected chi connectivity index (χ2v) is 7.17. The Balaban J connectivity index is 1.71. The summed E-state index contributed by atoms with van der Waals surface area (Å²) in [5, 5.41) is 7.99. The number of benzene rings is 1. The molecule has 0 bridgehead atoms. The zero-order valence-electron chi connectivity index (χ0n) is 17.1. The number of nitrogens with one attached hydrogen (secondary N) is 1. The first-order chi connectivity index (χ1) is 14.3. The highest BCUT2D eigenvalue weighted by Crippen LogP contribution is 2.27. The maximum absolute atomic E-state index is 13.2. The molecule has 3 heterocycles. The lowest BCUT2D eigenvalue weighted by atomic mass is 10.1. The van der Waals surface area contributed by atoms with Crippen molar-refractivity contribution in [3.8, 4) is 11.5 Å². The van der Waals surface area contributed by atoms with Crippen molar-refractivity contribution in [2.24, 2.45) is 7.05 Å². The van der Waals surface area contributed by atoms with Crippen molar-refractivity contribution in [2.75, 3.05) is 19.4 Å². The van der Waals surface area contributed by atoms with Crippen LogP contribution in [0, 0.1) is 6.92 Å². The van der Waals surface area contributed by atoms with Gasteiger partial charge >= 0.3 is 0 Å². The Morgan fingerprint density at radius 1 is 1.13 bits per heavy atom. The summed E-state index contributed by atoms with van der Waals surface area (Å²) >= 11 is 0. The van der Waals surface area contributed by atoms with Crippen molar-refractivity contribution in [1.82, 2.24) is 19.7 Å². The molecule has 0 aliphatic carbocycles. The molecular formula is C22H21N5O3. The van der Waals surface area contributed by atoms with E-state index in [0.717, 1.165) is 0 Å². The van der Waals surface area contributed by atoms with Crippen molar-refractivity contribution in [2.45, 2.75) is 6.92 Å². The topological polar surface area (TPSA) is 93.3 Å². The van der Waals surface area contributed by atoms with Crippen LogP contribution in [0.5, 0.6) is 0 Å². The maximum Gasteiger partial charge on any atom is 0.256 e. The zero-order valence-corrected chi connectivity index (χ0v) is 17.1. The monoisotopic (exact) mass is 403 g/mol. The molecule has 8 heteroatoms. The van der Waals surface area contributed by atoms with Gasteiger partial charge in [-0.3, -0.25) is 14.3 Å². The van der Waals surface area contributed by atoms with E-state index in [0.29, 0.717) is 45.0 Å². The largest absolute Gasteiger partial charge is 0.463 e. The van der Waals surface area contributed by atoms with Crippen molar-refractivity contribution < 1.29 is 14.0 Å². The second kappa shape index (κ2) is 7.47. The van der Waals surface area contributed by atoms with Gasteiger partial charge in [0, 0.05) is 32.4 Å². The van der Waals surface area contributed by atoms with Gasteiger partial charge in [-0.1, -0.05) is 0 Å². The Labute approximate surface area is 173 Å². The summed E-state index contributed by atoms with van der Waals surface area (Å²) in [5.41, 5.74) is 3.44. The van der Waals surface area contributed by atoms with Crippen LogP contribution < -0.4 is 5.32 Å². The van der Waals surface area contributed by atoms with Gasteiger partial charge in [0.25, 0.3) is 11.8 Å². The van der Waals surface area contributed by atoms with Gasteiger partial charge in [0.2, 0.25) is 0 Å². The molecule has 4 aromatic rings. The molecule has 1 aromatic carbocycles. The number of carbonyl (C=O) groups is 2. The number of nitrogens with zero attached hydrogens (tertiary/aromatic N) is 4. The van der Waals surface area contributed by atoms with Gasteiger partial charge < -0.3 is 14.6 Å². The Morgan fingerprint density at radius 3 is 2.50 bits per heavy atom. The van der Waals surface area contributed by atoms with Crippen LogP contribution in [0.1, 0.15) is 26.4 Å². The number of aryl methyl sites for hydroxylation is 2. The van der Waals surface area contributed by atoms with E-state index in [4.69, 9.17) is 4.42 Å². The number of rotatable bonds is 4. The lowest BCUT2D eigenvalue weighted by Gasteiger charge is -2.11. The van der Waals surface area contributed by atoms with Gasteiger partial charge in [0.1, 0.15) is 5.69 Å². The fourth-order valence-corrected chi connectivity index (χ4v) is 3.33.